The van der Waals surface area contributed by atoms with Gasteiger partial charge >= 0.3 is 5.97 Å². The first-order chi connectivity index (χ1) is 21.7. The number of allylic oxidation sites excluding steroid dienone is 3. The first kappa shape index (κ1) is 36.1. The van der Waals surface area contributed by atoms with Gasteiger partial charge in [-0.25, -0.2) is 4.79 Å². The fourth-order valence-corrected chi connectivity index (χ4v) is 12.2. The topological polar surface area (TPSA) is 55.8 Å². The molecule has 1 aliphatic heterocycles. The molecule has 0 saturated heterocycles. The first-order valence-corrected chi connectivity index (χ1v) is 19.4. The molecular formula is C41H58O4Si. The summed E-state index contributed by atoms with van der Waals surface area (Å²) >= 11 is 0. The minimum atomic E-state index is -2.57. The fourth-order valence-electron chi connectivity index (χ4n) is 7.71. The number of esters is 1. The van der Waals surface area contributed by atoms with Crippen LogP contribution in [0.2, 0.25) is 5.04 Å². The van der Waals surface area contributed by atoms with Gasteiger partial charge in [0.2, 0.25) is 0 Å². The molecule has 46 heavy (non-hydrogen) atoms. The predicted molar refractivity (Wildman–Crippen MR) is 194 cm³/mol. The van der Waals surface area contributed by atoms with E-state index in [-0.39, 0.29) is 22.5 Å². The van der Waals surface area contributed by atoms with E-state index in [1.165, 1.54) is 23.2 Å². The van der Waals surface area contributed by atoms with Crippen LogP contribution in [0.25, 0.3) is 0 Å². The van der Waals surface area contributed by atoms with Crippen molar-refractivity contribution in [3.8, 4) is 0 Å². The minimum absolute atomic E-state index is 0.0611. The van der Waals surface area contributed by atoms with E-state index in [9.17, 15) is 9.90 Å². The molecule has 1 heterocycles. The van der Waals surface area contributed by atoms with Gasteiger partial charge in [0.25, 0.3) is 8.32 Å². The number of ether oxygens (including phenoxy) is 1. The number of benzene rings is 2. The van der Waals surface area contributed by atoms with Crippen LogP contribution < -0.4 is 10.4 Å². The predicted octanol–water partition coefficient (Wildman–Crippen LogP) is 8.40. The molecule has 0 spiro atoms. The summed E-state index contributed by atoms with van der Waals surface area (Å²) in [5, 5.41) is 13.6. The number of aliphatic hydroxyl groups excluding tert-OH is 1. The average molecular weight is 643 g/mol. The Hall–Kier alpha value is -2.73. The Bertz CT molecular complexity index is 1310. The summed E-state index contributed by atoms with van der Waals surface area (Å²) in [7, 11) is -2.57. The smallest absolute Gasteiger partial charge is 0.337 e. The van der Waals surface area contributed by atoms with Crippen molar-refractivity contribution < 1.29 is 19.1 Å². The van der Waals surface area contributed by atoms with Crippen LogP contribution in [0.1, 0.15) is 87.5 Å². The van der Waals surface area contributed by atoms with E-state index in [0.29, 0.717) is 42.3 Å². The normalized spacial score (nSPS) is 23.7. The van der Waals surface area contributed by atoms with E-state index in [2.05, 4.69) is 140 Å². The summed E-state index contributed by atoms with van der Waals surface area (Å²) in [5.74, 6) is 1.75. The summed E-state index contributed by atoms with van der Waals surface area (Å²) < 4.78 is 12.8. The molecule has 2 aromatic rings. The molecule has 1 aliphatic carbocycles. The lowest BCUT2D eigenvalue weighted by atomic mass is 9.68. The van der Waals surface area contributed by atoms with Gasteiger partial charge in [0.05, 0.1) is 18.3 Å². The molecule has 5 heteroatoms. The molecular weight excluding hydrogens is 585 g/mol. The van der Waals surface area contributed by atoms with Gasteiger partial charge in [-0.1, -0.05) is 147 Å². The van der Waals surface area contributed by atoms with Gasteiger partial charge in [-0.2, -0.15) is 0 Å². The molecule has 0 radical (unpaired) electrons. The zero-order valence-corrected chi connectivity index (χ0v) is 30.5. The lowest BCUT2D eigenvalue weighted by Gasteiger charge is -2.42. The highest BCUT2D eigenvalue weighted by Gasteiger charge is 2.50. The van der Waals surface area contributed by atoms with Crippen molar-refractivity contribution in [2.24, 2.45) is 29.1 Å². The third kappa shape index (κ3) is 8.59. The SMILES string of the molecule is CC(C)[C@H]1CC[C@H](C)C[C@@H]1[C@H]1C=C([C@H](O)CCC(C)(C)/C=C/C=C/CO[Si](c2ccccc2)(c2ccccc2)C(C)(C)C)C(=O)O1. The van der Waals surface area contributed by atoms with E-state index in [1.807, 2.05) is 6.08 Å². The molecule has 2 aliphatic rings. The Morgan fingerprint density at radius 3 is 2.13 bits per heavy atom. The summed E-state index contributed by atoms with van der Waals surface area (Å²) in [5.41, 5.74) is 0.305. The standard InChI is InChI=1S/C41H58O4Si/c1-30(2)34-23-22-31(3)28-35(34)38-29-36(39(43)45-38)37(42)24-26-41(7,8)25-16-11-17-27-44-46(40(4,5)6,32-18-12-9-13-19-32)33-20-14-10-15-21-33/h9-21,25,29-31,34-35,37-38,42H,22-24,26-28H2,1-8H3/b17-11+,25-16+/t31-,34+,35-,37+,38+/m0/s1. The zero-order valence-electron chi connectivity index (χ0n) is 29.5. The molecule has 1 saturated carbocycles. The molecule has 2 aromatic carbocycles. The monoisotopic (exact) mass is 642 g/mol. The summed E-state index contributed by atoms with van der Waals surface area (Å²) in [6.07, 6.45) is 14.1. The number of carbonyl (C=O) groups excluding carboxylic acids is 1. The molecule has 4 nitrogen and oxygen atoms in total. The quantitative estimate of drug-likeness (QED) is 0.135. The lowest BCUT2D eigenvalue weighted by molar-refractivity contribution is -0.144. The van der Waals surface area contributed by atoms with Crippen LogP contribution in [0.15, 0.2) is 96.6 Å². The third-order valence-corrected chi connectivity index (χ3v) is 15.4. The van der Waals surface area contributed by atoms with E-state index in [4.69, 9.17) is 9.16 Å². The van der Waals surface area contributed by atoms with Crippen molar-refractivity contribution in [3.63, 3.8) is 0 Å². The molecule has 4 rings (SSSR count). The van der Waals surface area contributed by atoms with E-state index in [1.54, 1.807) is 0 Å². The molecule has 1 fully saturated rings. The van der Waals surface area contributed by atoms with Gasteiger partial charge in [-0.3, -0.25) is 0 Å². The van der Waals surface area contributed by atoms with Gasteiger partial charge in [-0.05, 0) is 70.3 Å². The van der Waals surface area contributed by atoms with Crippen LogP contribution >= 0.6 is 0 Å². The van der Waals surface area contributed by atoms with Crippen molar-refractivity contribution >= 4 is 24.7 Å². The van der Waals surface area contributed by atoms with Crippen LogP contribution in [-0.2, 0) is 14.0 Å². The van der Waals surface area contributed by atoms with Crippen LogP contribution in [-0.4, -0.2) is 38.2 Å². The molecule has 0 amide bonds. The molecule has 0 aromatic heterocycles. The highest BCUT2D eigenvalue weighted by Crippen LogP contribution is 2.43. The van der Waals surface area contributed by atoms with Crippen molar-refractivity contribution in [1.82, 2.24) is 0 Å². The number of aliphatic hydroxyl groups is 1. The first-order valence-electron chi connectivity index (χ1n) is 17.5. The van der Waals surface area contributed by atoms with Crippen LogP contribution in [0.5, 0.6) is 0 Å². The number of cyclic esters (lactones) is 1. The molecule has 0 unspecified atom stereocenters. The summed E-state index contributed by atoms with van der Waals surface area (Å²) in [6.45, 7) is 18.6. The van der Waals surface area contributed by atoms with Gasteiger partial charge in [0.15, 0.2) is 0 Å². The van der Waals surface area contributed by atoms with Crippen molar-refractivity contribution in [1.29, 1.82) is 0 Å². The highest BCUT2D eigenvalue weighted by atomic mass is 28.4. The van der Waals surface area contributed by atoms with E-state index >= 15 is 0 Å². The molecule has 1 N–H and O–H groups in total. The Labute approximate surface area is 280 Å². The fraction of sp³-hybridized carbons (Fsp3) is 0.537. The number of hydrogen-bond acceptors (Lipinski definition) is 4. The van der Waals surface area contributed by atoms with Crippen LogP contribution in [0.3, 0.4) is 0 Å². The van der Waals surface area contributed by atoms with Crippen molar-refractivity contribution in [2.75, 3.05) is 6.61 Å². The Morgan fingerprint density at radius 2 is 1.57 bits per heavy atom. The summed E-state index contributed by atoms with van der Waals surface area (Å²) in [4.78, 5) is 12.9. The van der Waals surface area contributed by atoms with Gasteiger partial charge < -0.3 is 14.3 Å². The average Bonchev–Trinajstić information content (AvgIpc) is 3.41. The van der Waals surface area contributed by atoms with Crippen molar-refractivity contribution in [3.05, 3.63) is 96.6 Å². The minimum Gasteiger partial charge on any atom is -0.454 e. The van der Waals surface area contributed by atoms with E-state index in [0.717, 1.165) is 12.8 Å². The van der Waals surface area contributed by atoms with Gasteiger partial charge in [0, 0.05) is 5.92 Å². The second kappa shape index (κ2) is 15.4. The Kier molecular flexibility index (Phi) is 12.1. The van der Waals surface area contributed by atoms with Crippen LogP contribution in [0, 0.1) is 29.1 Å². The molecule has 5 atom stereocenters. The summed E-state index contributed by atoms with van der Waals surface area (Å²) in [6, 6.07) is 21.4. The Balaban J connectivity index is 1.36. The maximum Gasteiger partial charge on any atom is 0.337 e. The lowest BCUT2D eigenvalue weighted by Crippen LogP contribution is -2.66. The maximum absolute atomic E-state index is 12.9. The number of rotatable bonds is 13. The second-order valence-corrected chi connectivity index (χ2v) is 20.1. The van der Waals surface area contributed by atoms with Crippen molar-refractivity contribution in [2.45, 2.75) is 105 Å². The van der Waals surface area contributed by atoms with Gasteiger partial charge in [-0.15, -0.1) is 0 Å². The second-order valence-electron chi connectivity index (χ2n) is 15.8. The number of hydrogen-bond donors (Lipinski definition) is 1. The Morgan fingerprint density at radius 1 is 0.957 bits per heavy atom. The van der Waals surface area contributed by atoms with E-state index < -0.39 is 14.4 Å². The highest BCUT2D eigenvalue weighted by molar-refractivity contribution is 6.99. The maximum atomic E-state index is 12.9. The molecule has 0 bridgehead atoms. The third-order valence-electron chi connectivity index (χ3n) is 10.3. The largest absolute Gasteiger partial charge is 0.454 e. The van der Waals surface area contributed by atoms with Gasteiger partial charge in [0.1, 0.15) is 6.10 Å². The van der Waals surface area contributed by atoms with Crippen LogP contribution in [0.4, 0.5) is 0 Å². The zero-order chi connectivity index (χ0) is 33.5. The molecule has 250 valence electrons. The number of carbonyl (C=O) groups is 1.